The summed E-state index contributed by atoms with van der Waals surface area (Å²) in [5, 5.41) is 9.82. The second-order valence-electron chi connectivity index (χ2n) is 6.28. The average Bonchev–Trinajstić information content (AvgIpc) is 3.14. The molecular formula is C19H21BrIN7. The SMILES string of the molecule is CC(C)N/C=C\C=C(/CI)Nc1nc(Nc2ccc3[nH]cnc3c2)ncc1Br. The Hall–Kier alpha value is -2.14. The molecule has 0 saturated carbocycles. The van der Waals surface area contributed by atoms with Crippen molar-refractivity contribution in [2.45, 2.75) is 19.9 Å². The fourth-order valence-corrected chi connectivity index (χ4v) is 3.07. The summed E-state index contributed by atoms with van der Waals surface area (Å²) in [7, 11) is 0. The average molecular weight is 554 g/mol. The molecule has 146 valence electrons. The van der Waals surface area contributed by atoms with Gasteiger partial charge in [0, 0.05) is 28.1 Å². The van der Waals surface area contributed by atoms with Crippen molar-refractivity contribution in [3.8, 4) is 0 Å². The summed E-state index contributed by atoms with van der Waals surface area (Å²) in [6.07, 6.45) is 9.34. The van der Waals surface area contributed by atoms with Crippen LogP contribution in [0.3, 0.4) is 0 Å². The van der Waals surface area contributed by atoms with E-state index in [4.69, 9.17) is 0 Å². The van der Waals surface area contributed by atoms with Gasteiger partial charge in [0.25, 0.3) is 0 Å². The molecule has 0 spiro atoms. The summed E-state index contributed by atoms with van der Waals surface area (Å²) < 4.78 is 1.61. The van der Waals surface area contributed by atoms with Crippen LogP contribution < -0.4 is 16.0 Å². The first kappa shape index (κ1) is 20.6. The van der Waals surface area contributed by atoms with Gasteiger partial charge in [0.2, 0.25) is 5.95 Å². The van der Waals surface area contributed by atoms with Gasteiger partial charge in [-0.1, -0.05) is 22.6 Å². The van der Waals surface area contributed by atoms with Gasteiger partial charge in [-0.3, -0.25) is 0 Å². The fraction of sp³-hybridized carbons (Fsp3) is 0.211. The van der Waals surface area contributed by atoms with Gasteiger partial charge in [0.15, 0.2) is 0 Å². The molecule has 3 aromatic rings. The number of fused-ring (bicyclic) bond motifs is 1. The summed E-state index contributed by atoms with van der Waals surface area (Å²) in [6, 6.07) is 6.29. The minimum Gasteiger partial charge on any atom is -0.389 e. The number of hydrogen-bond donors (Lipinski definition) is 4. The van der Waals surface area contributed by atoms with E-state index < -0.39 is 0 Å². The Morgan fingerprint density at radius 3 is 2.96 bits per heavy atom. The molecule has 1 aromatic carbocycles. The number of imidazole rings is 1. The van der Waals surface area contributed by atoms with Gasteiger partial charge in [-0.15, -0.1) is 0 Å². The number of hydrogen-bond acceptors (Lipinski definition) is 6. The highest BCUT2D eigenvalue weighted by atomic mass is 127. The number of H-pyrrole nitrogens is 1. The number of nitrogens with zero attached hydrogens (tertiary/aromatic N) is 3. The molecule has 0 amide bonds. The molecule has 0 radical (unpaired) electrons. The number of benzene rings is 1. The molecule has 4 N–H and O–H groups in total. The van der Waals surface area contributed by atoms with Gasteiger partial charge in [-0.05, 0) is 66.3 Å². The van der Waals surface area contributed by atoms with E-state index in [2.05, 4.69) is 88.3 Å². The maximum Gasteiger partial charge on any atom is 0.229 e. The minimum atomic E-state index is 0.408. The van der Waals surface area contributed by atoms with Crippen molar-refractivity contribution >= 4 is 67.0 Å². The standard InChI is InChI=1S/C19H21BrIN7/c1-12(2)22-7-3-4-14(9-21)26-18-15(20)10-23-19(28-18)27-13-5-6-16-17(8-13)25-11-24-16/h3-8,10-12,22H,9H2,1-2H3,(H,24,25)(H2,23,26,27,28)/b7-3-,14-4+. The van der Waals surface area contributed by atoms with Gasteiger partial charge in [0.1, 0.15) is 5.82 Å². The van der Waals surface area contributed by atoms with E-state index in [-0.39, 0.29) is 0 Å². The zero-order chi connectivity index (χ0) is 19.9. The Labute approximate surface area is 185 Å². The predicted octanol–water partition coefficient (Wildman–Crippen LogP) is 5.10. The largest absolute Gasteiger partial charge is 0.389 e. The van der Waals surface area contributed by atoms with E-state index in [0.29, 0.717) is 17.8 Å². The first-order valence-corrected chi connectivity index (χ1v) is 11.0. The van der Waals surface area contributed by atoms with E-state index in [0.717, 1.165) is 31.3 Å². The van der Waals surface area contributed by atoms with Crippen molar-refractivity contribution in [2.24, 2.45) is 0 Å². The Morgan fingerprint density at radius 1 is 1.32 bits per heavy atom. The molecule has 0 saturated heterocycles. The lowest BCUT2D eigenvalue weighted by molar-refractivity contribution is 0.702. The molecule has 0 unspecified atom stereocenters. The summed E-state index contributed by atoms with van der Waals surface area (Å²) in [6.45, 7) is 4.20. The summed E-state index contributed by atoms with van der Waals surface area (Å²) in [4.78, 5) is 16.3. The number of allylic oxidation sites excluding steroid dienone is 3. The fourth-order valence-electron chi connectivity index (χ4n) is 2.34. The molecule has 2 aromatic heterocycles. The van der Waals surface area contributed by atoms with Gasteiger partial charge < -0.3 is 20.9 Å². The zero-order valence-electron chi connectivity index (χ0n) is 15.5. The highest BCUT2D eigenvalue weighted by Gasteiger charge is 2.08. The maximum absolute atomic E-state index is 4.59. The normalized spacial score (nSPS) is 12.1. The van der Waals surface area contributed by atoms with Gasteiger partial charge in [-0.2, -0.15) is 4.98 Å². The number of halogens is 2. The van der Waals surface area contributed by atoms with Crippen LogP contribution >= 0.6 is 38.5 Å². The van der Waals surface area contributed by atoms with Gasteiger partial charge in [0.05, 0.1) is 21.8 Å². The Balaban J connectivity index is 1.74. The lowest BCUT2D eigenvalue weighted by Crippen LogP contribution is -2.15. The molecule has 0 aliphatic rings. The third-order valence-electron chi connectivity index (χ3n) is 3.67. The first-order valence-electron chi connectivity index (χ1n) is 8.72. The van der Waals surface area contributed by atoms with Crippen LogP contribution in [0.2, 0.25) is 0 Å². The first-order chi connectivity index (χ1) is 13.5. The second-order valence-corrected chi connectivity index (χ2v) is 7.90. The number of anilines is 3. The van der Waals surface area contributed by atoms with Crippen molar-refractivity contribution in [3.63, 3.8) is 0 Å². The molecule has 28 heavy (non-hydrogen) atoms. The molecule has 0 fully saturated rings. The quantitative estimate of drug-likeness (QED) is 0.176. The molecule has 2 heterocycles. The van der Waals surface area contributed by atoms with Crippen LogP contribution in [-0.4, -0.2) is 30.4 Å². The van der Waals surface area contributed by atoms with E-state index in [9.17, 15) is 0 Å². The van der Waals surface area contributed by atoms with Crippen molar-refractivity contribution in [1.82, 2.24) is 25.3 Å². The van der Waals surface area contributed by atoms with Crippen LogP contribution in [-0.2, 0) is 0 Å². The predicted molar refractivity (Wildman–Crippen MR) is 127 cm³/mol. The van der Waals surface area contributed by atoms with Crippen LogP contribution in [0.4, 0.5) is 17.5 Å². The third kappa shape index (κ3) is 5.68. The third-order valence-corrected chi connectivity index (χ3v) is 5.07. The Bertz CT molecular complexity index is 997. The highest BCUT2D eigenvalue weighted by molar-refractivity contribution is 14.1. The van der Waals surface area contributed by atoms with Gasteiger partial charge >= 0.3 is 0 Å². The molecular weight excluding hydrogens is 533 g/mol. The van der Waals surface area contributed by atoms with Crippen LogP contribution in [0.1, 0.15) is 13.8 Å². The number of alkyl halides is 1. The molecule has 0 bridgehead atoms. The van der Waals surface area contributed by atoms with E-state index in [1.807, 2.05) is 36.6 Å². The van der Waals surface area contributed by atoms with E-state index in [1.54, 1.807) is 12.5 Å². The van der Waals surface area contributed by atoms with E-state index >= 15 is 0 Å². The Kier molecular flexibility index (Phi) is 7.26. The molecule has 3 rings (SSSR count). The molecule has 9 heteroatoms. The number of nitrogens with one attached hydrogen (secondary N) is 4. The highest BCUT2D eigenvalue weighted by Crippen LogP contribution is 2.24. The number of rotatable bonds is 8. The number of aromatic amines is 1. The van der Waals surface area contributed by atoms with Crippen LogP contribution in [0.25, 0.3) is 11.0 Å². The molecule has 0 aliphatic heterocycles. The smallest absolute Gasteiger partial charge is 0.229 e. The monoisotopic (exact) mass is 553 g/mol. The summed E-state index contributed by atoms with van der Waals surface area (Å²) >= 11 is 5.83. The minimum absolute atomic E-state index is 0.408. The van der Waals surface area contributed by atoms with Crippen LogP contribution in [0, 0.1) is 0 Å². The van der Waals surface area contributed by atoms with Crippen molar-refractivity contribution in [2.75, 3.05) is 15.1 Å². The van der Waals surface area contributed by atoms with E-state index in [1.165, 1.54) is 0 Å². The number of aromatic nitrogens is 4. The molecule has 0 aliphatic carbocycles. The van der Waals surface area contributed by atoms with Crippen molar-refractivity contribution in [1.29, 1.82) is 0 Å². The topological polar surface area (TPSA) is 90.6 Å². The van der Waals surface area contributed by atoms with Crippen molar-refractivity contribution in [3.05, 3.63) is 59.2 Å². The zero-order valence-corrected chi connectivity index (χ0v) is 19.2. The molecule has 0 atom stereocenters. The van der Waals surface area contributed by atoms with Crippen LogP contribution in [0.5, 0.6) is 0 Å². The van der Waals surface area contributed by atoms with Gasteiger partial charge in [-0.25, -0.2) is 9.97 Å². The maximum atomic E-state index is 4.59. The Morgan fingerprint density at radius 2 is 2.18 bits per heavy atom. The molecule has 7 nitrogen and oxygen atoms in total. The lowest BCUT2D eigenvalue weighted by Gasteiger charge is -2.11. The van der Waals surface area contributed by atoms with Crippen molar-refractivity contribution < 1.29 is 0 Å². The lowest BCUT2D eigenvalue weighted by atomic mass is 10.3. The second kappa shape index (κ2) is 9.87. The summed E-state index contributed by atoms with van der Waals surface area (Å²) in [5.41, 5.74) is 3.78. The summed E-state index contributed by atoms with van der Waals surface area (Å²) in [5.74, 6) is 1.21. The van der Waals surface area contributed by atoms with Crippen LogP contribution in [0.15, 0.2) is 59.2 Å².